The second kappa shape index (κ2) is 5.56. The number of Topliss-reactive ketones (excluding diaryl/α,β-unsaturated/α-hetero) is 2. The molecule has 0 unspecified atom stereocenters. The molecule has 0 spiro atoms. The van der Waals surface area contributed by atoms with Gasteiger partial charge in [0, 0.05) is 22.4 Å². The van der Waals surface area contributed by atoms with Crippen LogP contribution in [0, 0.1) is 45.3 Å². The summed E-state index contributed by atoms with van der Waals surface area (Å²) in [7, 11) is 0. The molecule has 0 heterocycles. The Morgan fingerprint density at radius 3 is 0.882 bits per heavy atom. The predicted molar refractivity (Wildman–Crippen MR) is 46.5 cm³/mol. The minimum absolute atomic E-state index is 0. The number of carbonyl (C=O) groups excluding carboxylic acids is 2. The van der Waals surface area contributed by atoms with Crippen LogP contribution in [-0.4, -0.2) is 11.6 Å². The van der Waals surface area contributed by atoms with Gasteiger partial charge < -0.3 is 0 Å². The normalized spacial score (nSPS) is 14.1. The Morgan fingerprint density at radius 1 is 0.588 bits per heavy atom. The molecule has 0 saturated heterocycles. The van der Waals surface area contributed by atoms with Crippen LogP contribution in [-0.2, 0) is 32.0 Å². The number of carbonyl (C=O) groups is 2. The zero-order valence-electron chi connectivity index (χ0n) is 7.91. The van der Waals surface area contributed by atoms with Crippen molar-refractivity contribution in [2.75, 3.05) is 0 Å². The van der Waals surface area contributed by atoms with E-state index in [4.69, 9.17) is 21.0 Å². The molecule has 0 aromatic carbocycles. The van der Waals surface area contributed by atoms with Crippen LogP contribution in [0.2, 0.25) is 0 Å². The Labute approximate surface area is 111 Å². The first-order valence-corrected chi connectivity index (χ1v) is 3.80. The summed E-state index contributed by atoms with van der Waals surface area (Å²) in [6, 6.07) is 5.54. The summed E-state index contributed by atoms with van der Waals surface area (Å²) in [5, 5.41) is 34.4. The van der Waals surface area contributed by atoms with E-state index in [1.165, 1.54) is 24.3 Å². The molecule has 0 saturated carbocycles. The summed E-state index contributed by atoms with van der Waals surface area (Å²) < 4.78 is 0. The van der Waals surface area contributed by atoms with Gasteiger partial charge >= 0.3 is 0 Å². The second-order valence-corrected chi connectivity index (χ2v) is 2.61. The summed E-state index contributed by atoms with van der Waals surface area (Å²) in [6.45, 7) is 0. The smallest absolute Gasteiger partial charge is 0.217 e. The van der Waals surface area contributed by atoms with Crippen molar-refractivity contribution < 1.29 is 32.0 Å². The predicted octanol–water partition coefficient (Wildman–Crippen LogP) is -0.177. The summed E-state index contributed by atoms with van der Waals surface area (Å²) >= 11 is 0. The van der Waals surface area contributed by atoms with Gasteiger partial charge in [0.15, 0.2) is 0 Å². The molecule has 1 aliphatic rings. The largest absolute Gasteiger partial charge is 0.287 e. The average molecular weight is 316 g/mol. The monoisotopic (exact) mass is 315 g/mol. The molecule has 0 atom stereocenters. The SMILES string of the molecule is N#CC1=C(C#N)C(=O)C(C#N)=C(C#N)C1=O.[Ag]. The van der Waals surface area contributed by atoms with E-state index >= 15 is 0 Å². The van der Waals surface area contributed by atoms with Gasteiger partial charge in [-0.05, 0) is 0 Å². The summed E-state index contributed by atoms with van der Waals surface area (Å²) in [6.07, 6.45) is 0. The van der Waals surface area contributed by atoms with E-state index in [9.17, 15) is 9.59 Å². The Bertz CT molecular complexity index is 534. The number of nitriles is 4. The summed E-state index contributed by atoms with van der Waals surface area (Å²) in [5.41, 5.74) is -2.77. The third-order valence-corrected chi connectivity index (χ3v) is 1.86. The van der Waals surface area contributed by atoms with Crippen molar-refractivity contribution in [2.45, 2.75) is 0 Å². The number of hydrogen-bond acceptors (Lipinski definition) is 6. The van der Waals surface area contributed by atoms with Gasteiger partial charge in [0.05, 0.1) is 0 Å². The Hall–Kier alpha value is -2.48. The van der Waals surface area contributed by atoms with Gasteiger partial charge in [0.1, 0.15) is 46.6 Å². The van der Waals surface area contributed by atoms with E-state index in [1.807, 2.05) is 0 Å². The quantitative estimate of drug-likeness (QED) is 0.450. The molecule has 0 N–H and O–H groups in total. The molecule has 83 valence electrons. The molecule has 0 aromatic rings. The first-order chi connectivity index (χ1) is 7.62. The number of rotatable bonds is 0. The van der Waals surface area contributed by atoms with E-state index in [-0.39, 0.29) is 22.4 Å². The molecular formula is C10AgN4O2. The summed E-state index contributed by atoms with van der Waals surface area (Å²) in [5.74, 6) is -2.12. The van der Waals surface area contributed by atoms with Crippen LogP contribution in [0.25, 0.3) is 0 Å². The van der Waals surface area contributed by atoms with Gasteiger partial charge in [0.25, 0.3) is 0 Å². The average Bonchev–Trinajstić information content (AvgIpc) is 2.30. The van der Waals surface area contributed by atoms with E-state index in [0.717, 1.165) is 0 Å². The molecular weight excluding hydrogens is 316 g/mol. The first-order valence-electron chi connectivity index (χ1n) is 3.80. The molecule has 17 heavy (non-hydrogen) atoms. The number of allylic oxidation sites excluding steroid dienone is 4. The first kappa shape index (κ1) is 14.5. The zero-order valence-corrected chi connectivity index (χ0v) is 9.39. The van der Waals surface area contributed by atoms with Gasteiger partial charge in [-0.2, -0.15) is 21.0 Å². The Morgan fingerprint density at radius 2 is 0.765 bits per heavy atom. The van der Waals surface area contributed by atoms with Gasteiger partial charge in [-0.25, -0.2) is 0 Å². The molecule has 1 aliphatic carbocycles. The van der Waals surface area contributed by atoms with Crippen LogP contribution in [0.1, 0.15) is 0 Å². The van der Waals surface area contributed by atoms with Crippen molar-refractivity contribution in [2.24, 2.45) is 0 Å². The van der Waals surface area contributed by atoms with Crippen molar-refractivity contribution >= 4 is 11.6 Å². The van der Waals surface area contributed by atoms with Crippen molar-refractivity contribution in [3.05, 3.63) is 22.3 Å². The minimum Gasteiger partial charge on any atom is -0.287 e. The van der Waals surface area contributed by atoms with Crippen molar-refractivity contribution in [3.8, 4) is 24.3 Å². The molecule has 0 aromatic heterocycles. The number of hydrogen-bond donors (Lipinski definition) is 0. The molecule has 0 amide bonds. The van der Waals surface area contributed by atoms with Crippen molar-refractivity contribution in [1.29, 1.82) is 21.0 Å². The molecule has 0 bridgehead atoms. The van der Waals surface area contributed by atoms with E-state index in [0.29, 0.717) is 0 Å². The third kappa shape index (κ3) is 2.06. The van der Waals surface area contributed by atoms with Crippen molar-refractivity contribution in [3.63, 3.8) is 0 Å². The second-order valence-electron chi connectivity index (χ2n) is 2.61. The van der Waals surface area contributed by atoms with Crippen LogP contribution >= 0.6 is 0 Å². The Balaban J connectivity index is 0.00000256. The minimum atomic E-state index is -1.06. The molecule has 0 fully saturated rings. The zero-order chi connectivity index (χ0) is 12.3. The van der Waals surface area contributed by atoms with Crippen LogP contribution in [0.4, 0.5) is 0 Å². The van der Waals surface area contributed by atoms with Gasteiger partial charge in [-0.3, -0.25) is 9.59 Å². The number of nitrogens with zero attached hydrogens (tertiary/aromatic N) is 4. The fourth-order valence-corrected chi connectivity index (χ4v) is 1.13. The topological polar surface area (TPSA) is 129 Å². The molecule has 1 rings (SSSR count). The van der Waals surface area contributed by atoms with Gasteiger partial charge in [-0.15, -0.1) is 0 Å². The number of ketones is 2. The molecule has 7 heteroatoms. The van der Waals surface area contributed by atoms with Crippen LogP contribution < -0.4 is 0 Å². The maximum Gasteiger partial charge on any atom is 0.217 e. The van der Waals surface area contributed by atoms with Crippen molar-refractivity contribution in [1.82, 2.24) is 0 Å². The fraction of sp³-hybridized carbons (Fsp3) is 0. The molecule has 6 nitrogen and oxygen atoms in total. The third-order valence-electron chi connectivity index (χ3n) is 1.86. The van der Waals surface area contributed by atoms with Crippen LogP contribution in [0.3, 0.4) is 0 Å². The summed E-state index contributed by atoms with van der Waals surface area (Å²) in [4.78, 5) is 22.9. The fourth-order valence-electron chi connectivity index (χ4n) is 1.13. The van der Waals surface area contributed by atoms with Crippen LogP contribution in [0.5, 0.6) is 0 Å². The molecule has 1 radical (unpaired) electrons. The van der Waals surface area contributed by atoms with Gasteiger partial charge in [-0.1, -0.05) is 0 Å². The van der Waals surface area contributed by atoms with Gasteiger partial charge in [0.2, 0.25) is 11.6 Å². The van der Waals surface area contributed by atoms with E-state index in [1.54, 1.807) is 0 Å². The maximum atomic E-state index is 11.5. The maximum absolute atomic E-state index is 11.5. The van der Waals surface area contributed by atoms with E-state index < -0.39 is 33.9 Å². The van der Waals surface area contributed by atoms with E-state index in [2.05, 4.69) is 0 Å². The van der Waals surface area contributed by atoms with Crippen LogP contribution in [0.15, 0.2) is 22.3 Å². The Kier molecular flexibility index (Phi) is 4.75. The molecule has 0 aliphatic heterocycles. The standard InChI is InChI=1S/C10N4O2.Ag/c11-1-5-6(2-12)10(16)8(4-14)7(3-13)9(5)15;.